The summed E-state index contributed by atoms with van der Waals surface area (Å²) in [6.07, 6.45) is 0.968. The standard InChI is InChI=1S/C14H20BrN3O/c1-2-10-3-4-11(9-12(10)15)13(14(16)19)18-7-5-17-6-8-18/h3-4,9,13,17H,2,5-8H2,1H3,(H2,16,19). The van der Waals surface area contributed by atoms with E-state index in [1.165, 1.54) is 5.56 Å². The molecule has 0 aliphatic carbocycles. The first-order chi connectivity index (χ1) is 9.13. The Morgan fingerprint density at radius 1 is 1.47 bits per heavy atom. The highest BCUT2D eigenvalue weighted by Gasteiger charge is 2.27. The number of hydrogen-bond acceptors (Lipinski definition) is 3. The lowest BCUT2D eigenvalue weighted by atomic mass is 10.0. The van der Waals surface area contributed by atoms with Crippen molar-refractivity contribution in [2.24, 2.45) is 5.73 Å². The third-order valence-electron chi connectivity index (χ3n) is 3.56. The average Bonchev–Trinajstić information content (AvgIpc) is 2.40. The van der Waals surface area contributed by atoms with Crippen LogP contribution in [0.5, 0.6) is 0 Å². The van der Waals surface area contributed by atoms with Gasteiger partial charge in [-0.2, -0.15) is 0 Å². The van der Waals surface area contributed by atoms with Crippen LogP contribution < -0.4 is 11.1 Å². The Bertz CT molecular complexity index is 458. The van der Waals surface area contributed by atoms with Gasteiger partial charge in [0.15, 0.2) is 0 Å². The average molecular weight is 326 g/mol. The number of nitrogens with two attached hydrogens (primary N) is 1. The number of carbonyl (C=O) groups is 1. The van der Waals surface area contributed by atoms with Crippen molar-refractivity contribution in [2.75, 3.05) is 26.2 Å². The molecule has 19 heavy (non-hydrogen) atoms. The molecule has 3 N–H and O–H groups in total. The summed E-state index contributed by atoms with van der Waals surface area (Å²) in [5.41, 5.74) is 7.82. The summed E-state index contributed by atoms with van der Waals surface area (Å²) < 4.78 is 1.05. The van der Waals surface area contributed by atoms with Crippen molar-refractivity contribution in [2.45, 2.75) is 19.4 Å². The van der Waals surface area contributed by atoms with Gasteiger partial charge in [0.2, 0.25) is 5.91 Å². The van der Waals surface area contributed by atoms with Gasteiger partial charge in [0.05, 0.1) is 0 Å². The van der Waals surface area contributed by atoms with Crippen molar-refractivity contribution in [1.29, 1.82) is 0 Å². The SMILES string of the molecule is CCc1ccc(C(C(N)=O)N2CCNCC2)cc1Br. The van der Waals surface area contributed by atoms with Gasteiger partial charge in [-0.25, -0.2) is 0 Å². The lowest BCUT2D eigenvalue weighted by molar-refractivity contribution is -0.123. The number of nitrogens with one attached hydrogen (secondary N) is 1. The first kappa shape index (κ1) is 14.5. The molecule has 4 nitrogen and oxygen atoms in total. The fourth-order valence-electron chi connectivity index (χ4n) is 2.52. The van der Waals surface area contributed by atoms with Crippen LogP contribution in [0.3, 0.4) is 0 Å². The summed E-state index contributed by atoms with van der Waals surface area (Å²) >= 11 is 3.57. The molecule has 0 spiro atoms. The zero-order valence-electron chi connectivity index (χ0n) is 11.2. The Labute approximate surface area is 122 Å². The number of nitrogens with zero attached hydrogens (tertiary/aromatic N) is 1. The molecule has 1 saturated heterocycles. The summed E-state index contributed by atoms with van der Waals surface area (Å²) in [4.78, 5) is 14.0. The molecule has 0 bridgehead atoms. The van der Waals surface area contributed by atoms with Gasteiger partial charge in [-0.1, -0.05) is 35.0 Å². The van der Waals surface area contributed by atoms with Gasteiger partial charge in [-0.15, -0.1) is 0 Å². The molecule has 1 aromatic rings. The second-order valence-electron chi connectivity index (χ2n) is 4.80. The molecule has 104 valence electrons. The summed E-state index contributed by atoms with van der Waals surface area (Å²) in [5, 5.41) is 3.29. The van der Waals surface area contributed by atoms with Crippen LogP contribution in [-0.4, -0.2) is 37.0 Å². The van der Waals surface area contributed by atoms with Crippen LogP contribution >= 0.6 is 15.9 Å². The van der Waals surface area contributed by atoms with E-state index in [2.05, 4.69) is 39.1 Å². The van der Waals surface area contributed by atoms with E-state index in [1.807, 2.05) is 12.1 Å². The van der Waals surface area contributed by atoms with Gasteiger partial charge in [0, 0.05) is 30.7 Å². The van der Waals surface area contributed by atoms with Crippen LogP contribution in [0.25, 0.3) is 0 Å². The molecule has 1 fully saturated rings. The summed E-state index contributed by atoms with van der Waals surface area (Å²) in [5.74, 6) is -0.280. The van der Waals surface area contributed by atoms with Crippen LogP contribution in [0.4, 0.5) is 0 Å². The predicted molar refractivity (Wildman–Crippen MR) is 79.9 cm³/mol. The van der Waals surface area contributed by atoms with E-state index >= 15 is 0 Å². The highest BCUT2D eigenvalue weighted by molar-refractivity contribution is 9.10. The maximum atomic E-state index is 11.8. The number of rotatable bonds is 4. The highest BCUT2D eigenvalue weighted by Crippen LogP contribution is 2.26. The van der Waals surface area contributed by atoms with E-state index in [-0.39, 0.29) is 11.9 Å². The summed E-state index contributed by atoms with van der Waals surface area (Å²) in [6, 6.07) is 5.78. The molecule has 1 unspecified atom stereocenters. The second-order valence-corrected chi connectivity index (χ2v) is 5.65. The number of carbonyl (C=O) groups excluding carboxylic acids is 1. The maximum absolute atomic E-state index is 11.8. The second kappa shape index (κ2) is 6.50. The van der Waals surface area contributed by atoms with E-state index < -0.39 is 0 Å². The van der Waals surface area contributed by atoms with E-state index in [0.717, 1.165) is 42.6 Å². The van der Waals surface area contributed by atoms with Crippen molar-refractivity contribution in [1.82, 2.24) is 10.2 Å². The number of aryl methyl sites for hydroxylation is 1. The lowest BCUT2D eigenvalue weighted by Gasteiger charge is -2.33. The minimum Gasteiger partial charge on any atom is -0.368 e. The molecule has 0 radical (unpaired) electrons. The number of primary amides is 1. The minimum atomic E-state index is -0.329. The number of piperazine rings is 1. The van der Waals surface area contributed by atoms with Crippen molar-refractivity contribution in [3.63, 3.8) is 0 Å². The Hall–Kier alpha value is -0.910. The Balaban J connectivity index is 2.28. The largest absolute Gasteiger partial charge is 0.368 e. The number of hydrogen-bond donors (Lipinski definition) is 2. The van der Waals surface area contributed by atoms with Gasteiger partial charge < -0.3 is 11.1 Å². The first-order valence-corrected chi connectivity index (χ1v) is 7.45. The van der Waals surface area contributed by atoms with Crippen LogP contribution in [0.15, 0.2) is 22.7 Å². The first-order valence-electron chi connectivity index (χ1n) is 6.66. The van der Waals surface area contributed by atoms with Gasteiger partial charge >= 0.3 is 0 Å². The summed E-state index contributed by atoms with van der Waals surface area (Å²) in [7, 11) is 0. The van der Waals surface area contributed by atoms with E-state index in [9.17, 15) is 4.79 Å². The smallest absolute Gasteiger partial charge is 0.239 e. The van der Waals surface area contributed by atoms with Crippen molar-refractivity contribution in [3.8, 4) is 0 Å². The number of benzene rings is 1. The predicted octanol–water partition coefficient (Wildman–Crippen LogP) is 1.44. The summed E-state index contributed by atoms with van der Waals surface area (Å²) in [6.45, 7) is 5.61. The topological polar surface area (TPSA) is 58.4 Å². The molecule has 0 saturated carbocycles. The minimum absolute atomic E-state index is 0.280. The monoisotopic (exact) mass is 325 g/mol. The molecule has 1 heterocycles. The molecular formula is C14H20BrN3O. The molecule has 0 aromatic heterocycles. The number of amides is 1. The maximum Gasteiger partial charge on any atom is 0.239 e. The third-order valence-corrected chi connectivity index (χ3v) is 4.30. The Morgan fingerprint density at radius 2 is 2.16 bits per heavy atom. The fraction of sp³-hybridized carbons (Fsp3) is 0.500. The molecule has 1 atom stereocenters. The lowest BCUT2D eigenvalue weighted by Crippen LogP contribution is -2.48. The van der Waals surface area contributed by atoms with E-state index in [1.54, 1.807) is 0 Å². The van der Waals surface area contributed by atoms with Gasteiger partial charge in [-0.05, 0) is 23.6 Å². The van der Waals surface area contributed by atoms with Gasteiger partial charge in [-0.3, -0.25) is 9.69 Å². The van der Waals surface area contributed by atoms with Crippen molar-refractivity contribution in [3.05, 3.63) is 33.8 Å². The zero-order chi connectivity index (χ0) is 13.8. The van der Waals surface area contributed by atoms with Crippen LogP contribution in [0, 0.1) is 0 Å². The Morgan fingerprint density at radius 3 is 2.68 bits per heavy atom. The molecule has 1 aliphatic rings. The van der Waals surface area contributed by atoms with Crippen LogP contribution in [0.1, 0.15) is 24.1 Å². The fourth-order valence-corrected chi connectivity index (χ4v) is 3.19. The van der Waals surface area contributed by atoms with Crippen LogP contribution in [-0.2, 0) is 11.2 Å². The molecule has 2 rings (SSSR count). The van der Waals surface area contributed by atoms with Crippen molar-refractivity contribution >= 4 is 21.8 Å². The third kappa shape index (κ3) is 3.35. The zero-order valence-corrected chi connectivity index (χ0v) is 12.7. The quantitative estimate of drug-likeness (QED) is 0.880. The molecule has 1 aliphatic heterocycles. The molecule has 5 heteroatoms. The van der Waals surface area contributed by atoms with Gasteiger partial charge in [0.25, 0.3) is 0 Å². The van der Waals surface area contributed by atoms with Gasteiger partial charge in [0.1, 0.15) is 6.04 Å². The van der Waals surface area contributed by atoms with E-state index in [0.29, 0.717) is 0 Å². The van der Waals surface area contributed by atoms with Crippen molar-refractivity contribution < 1.29 is 4.79 Å². The molecular weight excluding hydrogens is 306 g/mol. The number of halogens is 1. The highest BCUT2D eigenvalue weighted by atomic mass is 79.9. The molecule has 1 amide bonds. The molecule has 1 aromatic carbocycles. The Kier molecular flexibility index (Phi) is 4.96. The normalized spacial score (nSPS) is 18.2. The van der Waals surface area contributed by atoms with Crippen LogP contribution in [0.2, 0.25) is 0 Å². The van der Waals surface area contributed by atoms with E-state index in [4.69, 9.17) is 5.73 Å².